The van der Waals surface area contributed by atoms with Crippen LogP contribution in [0.4, 0.5) is 0 Å². The number of rotatable bonds is 3. The first-order valence-electron chi connectivity index (χ1n) is 17.8. The van der Waals surface area contributed by atoms with E-state index in [1.165, 1.54) is 70.7 Å². The minimum absolute atomic E-state index is 0.879. The molecular weight excluding hydrogens is 633 g/mol. The summed E-state index contributed by atoms with van der Waals surface area (Å²) in [7, 11) is 0. The zero-order chi connectivity index (χ0) is 33.9. The number of hydrogen-bond donors (Lipinski definition) is 0. The molecule has 4 nitrogen and oxygen atoms in total. The number of fused-ring (bicyclic) bond motifs is 13. The van der Waals surface area contributed by atoms with Crippen LogP contribution in [0, 0.1) is 0 Å². The molecule has 12 rings (SSSR count). The lowest BCUT2D eigenvalue weighted by atomic mass is 9.99. The number of para-hydroxylation sites is 4. The van der Waals surface area contributed by atoms with Crippen molar-refractivity contribution < 1.29 is 0 Å². The molecule has 0 unspecified atom stereocenters. The van der Waals surface area contributed by atoms with Gasteiger partial charge in [-0.15, -0.1) is 0 Å². The molecule has 0 aliphatic heterocycles. The first-order valence-corrected chi connectivity index (χ1v) is 17.8. The fraction of sp³-hybridized carbons (Fsp3) is 0. The molecule has 0 bridgehead atoms. The van der Waals surface area contributed by atoms with Crippen LogP contribution < -0.4 is 0 Å². The van der Waals surface area contributed by atoms with Crippen molar-refractivity contribution in [1.29, 1.82) is 0 Å². The Morgan fingerprint density at radius 1 is 0.365 bits per heavy atom. The van der Waals surface area contributed by atoms with Crippen molar-refractivity contribution in [2.45, 2.75) is 0 Å². The van der Waals surface area contributed by atoms with E-state index in [0.29, 0.717) is 0 Å². The van der Waals surface area contributed by atoms with Gasteiger partial charge in [0.15, 0.2) is 0 Å². The van der Waals surface area contributed by atoms with Gasteiger partial charge in [-0.3, -0.25) is 0 Å². The van der Waals surface area contributed by atoms with Crippen LogP contribution in [0.2, 0.25) is 0 Å². The van der Waals surface area contributed by atoms with Gasteiger partial charge in [0.2, 0.25) is 0 Å². The Balaban J connectivity index is 1.19. The molecule has 0 saturated heterocycles. The van der Waals surface area contributed by atoms with Gasteiger partial charge in [0.05, 0.1) is 50.0 Å². The van der Waals surface area contributed by atoms with Crippen molar-refractivity contribution in [2.75, 3.05) is 0 Å². The fourth-order valence-corrected chi connectivity index (χ4v) is 8.82. The van der Waals surface area contributed by atoms with Gasteiger partial charge in [0.1, 0.15) is 0 Å². The van der Waals surface area contributed by atoms with E-state index in [9.17, 15) is 0 Å². The Hall–Kier alpha value is -7.04. The molecule has 4 aromatic heterocycles. The summed E-state index contributed by atoms with van der Waals surface area (Å²) < 4.78 is 4.95. The Morgan fingerprint density at radius 3 is 1.71 bits per heavy atom. The molecule has 0 spiro atoms. The third kappa shape index (κ3) is 3.65. The van der Waals surface area contributed by atoms with Crippen molar-refractivity contribution in [1.82, 2.24) is 18.9 Å². The van der Waals surface area contributed by atoms with Crippen molar-refractivity contribution >= 4 is 81.7 Å². The average Bonchev–Trinajstić information content (AvgIpc) is 3.85. The molecule has 0 N–H and O–H groups in total. The minimum atomic E-state index is 0.879. The molecule has 8 aromatic carbocycles. The van der Waals surface area contributed by atoms with E-state index in [2.05, 4.69) is 148 Å². The molecular formula is C48H28N4. The van der Waals surface area contributed by atoms with Crippen LogP contribution in [0.25, 0.3) is 110 Å². The highest BCUT2D eigenvalue weighted by atomic mass is 15.0. The Bertz CT molecular complexity index is 3390. The van der Waals surface area contributed by atoms with Crippen molar-refractivity contribution in [2.24, 2.45) is 0 Å². The number of hydrogen-bond acceptors (Lipinski definition) is 2. The third-order valence-electron chi connectivity index (χ3n) is 11.0. The Kier molecular flexibility index (Phi) is 5.47. The Labute approximate surface area is 297 Å². The van der Waals surface area contributed by atoms with E-state index in [1.807, 2.05) is 30.3 Å². The number of benzene rings is 8. The lowest BCUT2D eigenvalue weighted by Gasteiger charge is -2.13. The summed E-state index contributed by atoms with van der Waals surface area (Å²) in [4.78, 5) is 10.3. The van der Waals surface area contributed by atoms with E-state index in [0.717, 1.165) is 39.2 Å². The van der Waals surface area contributed by atoms with E-state index >= 15 is 0 Å². The molecule has 12 aromatic rings. The highest BCUT2D eigenvalue weighted by Crippen LogP contribution is 2.48. The standard InChI is InChI=1S/C48H28N4/c1-2-13-30(14-3-1)46-47(50-38-19-9-8-18-37(38)49-46)31-22-25-32(26-23-31)51-41-27-24-29-12-4-5-15-33(29)43(41)45-42(51)28-36-34-16-6-10-20-39(34)52-40-21-11-7-17-35(40)44(45)48(36)52/h1-28H. The zero-order valence-electron chi connectivity index (χ0n) is 28.0. The number of nitrogens with zero attached hydrogens (tertiary/aromatic N) is 4. The smallest absolute Gasteiger partial charge is 0.0973 e. The quantitative estimate of drug-likeness (QED) is 0.189. The zero-order valence-corrected chi connectivity index (χ0v) is 28.0. The van der Waals surface area contributed by atoms with Crippen molar-refractivity contribution in [3.63, 3.8) is 0 Å². The predicted octanol–water partition coefficient (Wildman–Crippen LogP) is 12.4. The summed E-state index contributed by atoms with van der Waals surface area (Å²) in [5.41, 5.74) is 12.9. The van der Waals surface area contributed by atoms with Gasteiger partial charge in [-0.1, -0.05) is 121 Å². The van der Waals surface area contributed by atoms with Gasteiger partial charge in [-0.25, -0.2) is 9.97 Å². The van der Waals surface area contributed by atoms with Gasteiger partial charge in [0, 0.05) is 49.1 Å². The molecule has 0 atom stereocenters. The van der Waals surface area contributed by atoms with Crippen LogP contribution in [-0.4, -0.2) is 18.9 Å². The molecule has 0 fully saturated rings. The van der Waals surface area contributed by atoms with Gasteiger partial charge in [-0.2, -0.15) is 0 Å². The first kappa shape index (κ1) is 27.7. The molecule has 4 heteroatoms. The second-order valence-corrected chi connectivity index (χ2v) is 13.8. The lowest BCUT2D eigenvalue weighted by molar-refractivity contribution is 1.18. The second-order valence-electron chi connectivity index (χ2n) is 13.8. The van der Waals surface area contributed by atoms with Crippen LogP contribution in [0.5, 0.6) is 0 Å². The third-order valence-corrected chi connectivity index (χ3v) is 11.0. The van der Waals surface area contributed by atoms with E-state index in [4.69, 9.17) is 9.97 Å². The minimum Gasteiger partial charge on any atom is -0.309 e. The fourth-order valence-electron chi connectivity index (χ4n) is 8.82. The average molecular weight is 661 g/mol. The second kappa shape index (κ2) is 10.3. The molecule has 0 saturated carbocycles. The van der Waals surface area contributed by atoms with Crippen LogP contribution in [0.15, 0.2) is 170 Å². The van der Waals surface area contributed by atoms with Crippen molar-refractivity contribution in [3.8, 4) is 28.2 Å². The topological polar surface area (TPSA) is 35.1 Å². The van der Waals surface area contributed by atoms with Gasteiger partial charge in [0.25, 0.3) is 0 Å². The summed E-state index contributed by atoms with van der Waals surface area (Å²) in [5.74, 6) is 0. The summed E-state index contributed by atoms with van der Waals surface area (Å²) in [6.45, 7) is 0. The maximum absolute atomic E-state index is 5.18. The van der Waals surface area contributed by atoms with Crippen LogP contribution in [-0.2, 0) is 0 Å². The Morgan fingerprint density at radius 2 is 0.962 bits per heavy atom. The van der Waals surface area contributed by atoms with Crippen molar-refractivity contribution in [3.05, 3.63) is 170 Å². The van der Waals surface area contributed by atoms with Gasteiger partial charge in [-0.05, 0) is 59.3 Å². The number of aromatic nitrogens is 4. The molecule has 0 radical (unpaired) electrons. The monoisotopic (exact) mass is 660 g/mol. The summed E-state index contributed by atoms with van der Waals surface area (Å²) >= 11 is 0. The predicted molar refractivity (Wildman–Crippen MR) is 217 cm³/mol. The van der Waals surface area contributed by atoms with Crippen LogP contribution in [0.3, 0.4) is 0 Å². The van der Waals surface area contributed by atoms with Crippen LogP contribution >= 0.6 is 0 Å². The van der Waals surface area contributed by atoms with Gasteiger partial charge >= 0.3 is 0 Å². The van der Waals surface area contributed by atoms with E-state index in [1.54, 1.807) is 0 Å². The highest BCUT2D eigenvalue weighted by Gasteiger charge is 2.25. The summed E-state index contributed by atoms with van der Waals surface area (Å²) in [6, 6.07) is 60.9. The maximum atomic E-state index is 5.18. The summed E-state index contributed by atoms with van der Waals surface area (Å²) in [5, 5.41) is 10.2. The maximum Gasteiger partial charge on any atom is 0.0973 e. The SMILES string of the molecule is c1ccc(-c2nc3ccccc3nc2-c2ccc(-n3c4ccc5ccccc5c4c4c5c6ccccc6n6c7ccccc7c(cc43)c56)cc2)cc1. The largest absolute Gasteiger partial charge is 0.309 e. The van der Waals surface area contributed by atoms with Crippen LogP contribution in [0.1, 0.15) is 0 Å². The molecule has 52 heavy (non-hydrogen) atoms. The molecule has 0 amide bonds. The summed E-state index contributed by atoms with van der Waals surface area (Å²) in [6.07, 6.45) is 0. The first-order chi connectivity index (χ1) is 25.8. The normalized spacial score (nSPS) is 12.2. The molecule has 240 valence electrons. The highest BCUT2D eigenvalue weighted by molar-refractivity contribution is 6.38. The van der Waals surface area contributed by atoms with Gasteiger partial charge < -0.3 is 8.97 Å². The van der Waals surface area contributed by atoms with E-state index < -0.39 is 0 Å². The molecule has 0 aliphatic carbocycles. The molecule has 4 heterocycles. The van der Waals surface area contributed by atoms with E-state index in [-0.39, 0.29) is 0 Å². The lowest BCUT2D eigenvalue weighted by Crippen LogP contribution is -1.97. The molecule has 0 aliphatic rings.